The summed E-state index contributed by atoms with van der Waals surface area (Å²) in [7, 11) is -9.20. The molecule has 0 radical (unpaired) electrons. The van der Waals surface area contributed by atoms with Crippen LogP contribution in [0.15, 0.2) is 85.1 Å². The zero-order chi connectivity index (χ0) is 61.3. The van der Waals surface area contributed by atoms with Crippen LogP contribution >= 0.6 is 19.2 Å². The van der Waals surface area contributed by atoms with Crippen LogP contribution in [0, 0.1) is 30.6 Å². The van der Waals surface area contributed by atoms with Crippen molar-refractivity contribution in [3.63, 3.8) is 0 Å². The molecule has 86 heavy (non-hydrogen) atoms. The van der Waals surface area contributed by atoms with Crippen molar-refractivity contribution in [3.05, 3.63) is 124 Å². The third-order valence-corrected chi connectivity index (χ3v) is 19.2. The maximum absolute atomic E-state index is 14.5. The SMILES string of the molecule is C#Cc1ccc(CNC(=O)[C@@H]2C[C@@H](O)CN2C(=O)[C@H](NC(=O)CCCCCS(=O)(=O)NC(=O)c2nc(N3CCc4cccc(C(=O)Nc5nc6ccccc6s5)c4C3)ccc2-c2cnn(CC3CCCCC3)c2C)C(C)(C)CCOP(=O)(O)O)cc1. The van der Waals surface area contributed by atoms with Gasteiger partial charge in [-0.1, -0.05) is 93.2 Å². The van der Waals surface area contributed by atoms with E-state index in [4.69, 9.17) is 21.0 Å². The summed E-state index contributed by atoms with van der Waals surface area (Å²) in [4.78, 5) is 102. The summed E-state index contributed by atoms with van der Waals surface area (Å²) in [5.41, 5.74) is 4.90. The lowest BCUT2D eigenvalue weighted by Crippen LogP contribution is -2.58. The number of benzene rings is 3. The summed E-state index contributed by atoms with van der Waals surface area (Å²) in [5.74, 6) is -0.213. The molecule has 2 fully saturated rings. The number of sulfonamides is 1. The molecule has 5 amide bonds. The van der Waals surface area contributed by atoms with Crippen molar-refractivity contribution < 1.29 is 56.4 Å². The van der Waals surface area contributed by atoms with E-state index in [-0.39, 0.29) is 69.8 Å². The van der Waals surface area contributed by atoms with Gasteiger partial charge in [0.15, 0.2) is 5.13 Å². The van der Waals surface area contributed by atoms with Crippen LogP contribution in [0.25, 0.3) is 21.3 Å². The number of aromatic nitrogens is 4. The van der Waals surface area contributed by atoms with Crippen molar-refractivity contribution in [1.29, 1.82) is 0 Å². The molecular formula is C61H73N10O12PS2. The van der Waals surface area contributed by atoms with E-state index in [1.807, 2.05) is 52.9 Å². The van der Waals surface area contributed by atoms with Crippen LogP contribution in [0.4, 0.5) is 10.9 Å². The van der Waals surface area contributed by atoms with Crippen LogP contribution in [-0.4, -0.2) is 121 Å². The van der Waals surface area contributed by atoms with Gasteiger partial charge >= 0.3 is 7.82 Å². The van der Waals surface area contributed by atoms with Gasteiger partial charge in [-0.05, 0) is 116 Å². The Bertz CT molecular complexity index is 3650. The molecule has 22 nitrogen and oxygen atoms in total. The fraction of sp³-hybridized carbons (Fsp3) is 0.443. The highest BCUT2D eigenvalue weighted by Gasteiger charge is 2.46. The van der Waals surface area contributed by atoms with Crippen molar-refractivity contribution in [1.82, 2.24) is 40.0 Å². The highest BCUT2D eigenvalue weighted by Crippen LogP contribution is 2.39. The Morgan fingerprint density at radius 2 is 1.70 bits per heavy atom. The van der Waals surface area contributed by atoms with Gasteiger partial charge in [0.25, 0.3) is 11.8 Å². The molecule has 3 aromatic carbocycles. The van der Waals surface area contributed by atoms with Crippen molar-refractivity contribution >= 4 is 79.9 Å². The Labute approximate surface area is 504 Å². The van der Waals surface area contributed by atoms with Gasteiger partial charge < -0.3 is 35.3 Å². The maximum Gasteiger partial charge on any atom is 0.469 e. The topological polar surface area (TPSA) is 305 Å². The second-order valence-electron chi connectivity index (χ2n) is 23.0. The normalized spacial score (nSPS) is 16.9. The van der Waals surface area contributed by atoms with Gasteiger partial charge in [0.1, 0.15) is 23.6 Å². The van der Waals surface area contributed by atoms with Gasteiger partial charge in [-0.2, -0.15) is 5.10 Å². The Morgan fingerprint density at radius 3 is 2.44 bits per heavy atom. The summed E-state index contributed by atoms with van der Waals surface area (Å²) >= 11 is 1.38. The van der Waals surface area contributed by atoms with E-state index in [2.05, 4.69) is 31.6 Å². The summed E-state index contributed by atoms with van der Waals surface area (Å²) in [6.07, 6.45) is 12.4. The molecule has 3 aliphatic rings. The number of hydrogen-bond donors (Lipinski definition) is 7. The fourth-order valence-corrected chi connectivity index (χ4v) is 13.7. The van der Waals surface area contributed by atoms with E-state index in [1.165, 1.54) is 22.7 Å². The fourth-order valence-electron chi connectivity index (χ4n) is 11.5. The lowest BCUT2D eigenvalue weighted by molar-refractivity contribution is -0.144. The number of nitrogens with one attached hydrogen (secondary N) is 4. The molecule has 0 bridgehead atoms. The van der Waals surface area contributed by atoms with Crippen LogP contribution in [-0.2, 0) is 59.6 Å². The third kappa shape index (κ3) is 16.0. The summed E-state index contributed by atoms with van der Waals surface area (Å²) in [6.45, 7) is 5.98. The highest BCUT2D eigenvalue weighted by molar-refractivity contribution is 7.90. The van der Waals surface area contributed by atoms with E-state index >= 15 is 0 Å². The van der Waals surface area contributed by atoms with Crippen molar-refractivity contribution in [2.45, 2.75) is 136 Å². The lowest BCUT2D eigenvalue weighted by Gasteiger charge is -2.37. The van der Waals surface area contributed by atoms with Crippen LogP contribution in [0.3, 0.4) is 0 Å². The van der Waals surface area contributed by atoms with Gasteiger partial charge in [0.2, 0.25) is 27.7 Å². The molecule has 25 heteroatoms. The molecule has 6 aromatic rings. The number of terminal acetylenes is 1. The number of amides is 5. The number of unbranched alkanes of at least 4 members (excludes halogenated alkanes) is 2. The second kappa shape index (κ2) is 27.6. The zero-order valence-electron chi connectivity index (χ0n) is 48.4. The van der Waals surface area contributed by atoms with Crippen LogP contribution in [0.5, 0.6) is 0 Å². The van der Waals surface area contributed by atoms with E-state index < -0.39 is 77.4 Å². The molecule has 3 aromatic heterocycles. The van der Waals surface area contributed by atoms with Gasteiger partial charge in [-0.15, -0.1) is 6.42 Å². The number of phosphoric acid groups is 1. The average Bonchev–Trinajstić information content (AvgIpc) is 2.12. The predicted octanol–water partition coefficient (Wildman–Crippen LogP) is 7.15. The number of para-hydroxylation sites is 1. The number of pyridine rings is 1. The number of rotatable bonds is 24. The summed E-state index contributed by atoms with van der Waals surface area (Å²) in [6, 6.07) is 21.2. The molecule has 456 valence electrons. The first-order valence-electron chi connectivity index (χ1n) is 29.0. The Balaban J connectivity index is 0.861. The molecule has 1 aliphatic carbocycles. The number of aliphatic hydroxyl groups excluding tert-OH is 1. The van der Waals surface area contributed by atoms with E-state index in [9.17, 15) is 51.8 Å². The summed E-state index contributed by atoms with van der Waals surface area (Å²) in [5, 5.41) is 24.5. The first-order valence-corrected chi connectivity index (χ1v) is 33.0. The monoisotopic (exact) mass is 1230 g/mol. The van der Waals surface area contributed by atoms with Gasteiger partial charge in [-0.3, -0.25) is 38.5 Å². The molecule has 2 aliphatic heterocycles. The van der Waals surface area contributed by atoms with Gasteiger partial charge in [0.05, 0.1) is 34.9 Å². The standard InChI is InChI=1S/C61H73N10O12PS2/c1-5-40-22-24-41(25-23-40)34-62-57(75)50-33-44(72)37-70(50)59(77)55(61(3,4)29-31-83-84(78,79)80)66-53(73)21-10-7-13-32-86(81,82)68-58(76)54-45(47-35-63-71(39(47)2)36-42-15-8-6-9-16-42)26-27-52(65-54)69-30-28-43-17-14-18-46(48(43)38-69)56(74)67-60-64-49-19-11-12-20-51(49)85-60/h1,11-12,14,17-20,22-27,35,42,44,50,55,72H,6-10,13,15-16,21,28-34,36-38H2,2-4H3,(H,62,75)(H,66,73)(H,68,76)(H,64,67,74)(H2,78,79,80)/t44-,50+,55+/m1/s1. The molecule has 0 unspecified atom stereocenters. The van der Waals surface area contributed by atoms with Crippen LogP contribution in [0.1, 0.15) is 133 Å². The Hall–Kier alpha value is -7.36. The number of β-amino-alcohol motifs (C(OH)–C–C–N with tert-alkyl or cyclic N) is 1. The van der Waals surface area contributed by atoms with Crippen molar-refractivity contribution in [2.75, 3.05) is 35.7 Å². The lowest BCUT2D eigenvalue weighted by atomic mass is 9.80. The molecule has 1 saturated carbocycles. The van der Waals surface area contributed by atoms with Crippen LogP contribution < -0.4 is 25.6 Å². The molecule has 0 spiro atoms. The van der Waals surface area contributed by atoms with E-state index in [1.54, 1.807) is 62.5 Å². The third-order valence-electron chi connectivity index (χ3n) is 16.4. The number of carbonyl (C=O) groups excluding carboxylic acids is 5. The average molecular weight is 1230 g/mol. The van der Waals surface area contributed by atoms with E-state index in [0.717, 1.165) is 58.3 Å². The summed E-state index contributed by atoms with van der Waals surface area (Å²) < 4.78 is 49.1. The number of aliphatic hydroxyl groups is 1. The minimum atomic E-state index is -4.90. The molecule has 9 rings (SSSR count). The Morgan fingerprint density at radius 1 is 0.930 bits per heavy atom. The minimum Gasteiger partial charge on any atom is -0.391 e. The quantitative estimate of drug-likeness (QED) is 0.0180. The molecule has 3 atom stereocenters. The Kier molecular flexibility index (Phi) is 20.2. The van der Waals surface area contributed by atoms with Gasteiger partial charge in [0, 0.05) is 73.5 Å². The van der Waals surface area contributed by atoms with Crippen molar-refractivity contribution in [3.8, 4) is 23.5 Å². The highest BCUT2D eigenvalue weighted by atomic mass is 32.2. The molecule has 1 saturated heterocycles. The minimum absolute atomic E-state index is 0.0371. The van der Waals surface area contributed by atoms with Gasteiger partial charge in [-0.25, -0.2) is 27.7 Å². The van der Waals surface area contributed by atoms with E-state index in [0.29, 0.717) is 58.6 Å². The number of thiazole rings is 1. The number of hydrogen-bond acceptors (Lipinski definition) is 15. The number of likely N-dealkylation sites (tertiary alicyclic amines) is 1. The number of anilines is 2. The molecule has 5 heterocycles. The largest absolute Gasteiger partial charge is 0.469 e. The van der Waals surface area contributed by atoms with Crippen LogP contribution in [0.2, 0.25) is 0 Å². The smallest absolute Gasteiger partial charge is 0.391 e. The second-order valence-corrected chi connectivity index (χ2v) is 27.1. The number of phosphoric ester groups is 1. The molecule has 7 N–H and O–H groups in total. The predicted molar refractivity (Wildman–Crippen MR) is 326 cm³/mol. The van der Waals surface area contributed by atoms with Crippen molar-refractivity contribution in [2.24, 2.45) is 11.3 Å². The zero-order valence-corrected chi connectivity index (χ0v) is 50.9. The number of carbonyl (C=O) groups is 5. The first kappa shape index (κ1) is 63.2. The first-order chi connectivity index (χ1) is 41.0. The maximum atomic E-state index is 14.5. The number of nitrogens with zero attached hydrogens (tertiary/aromatic N) is 6. The molecular weight excluding hydrogens is 1160 g/mol. The number of fused-ring (bicyclic) bond motifs is 2.